The summed E-state index contributed by atoms with van der Waals surface area (Å²) in [4.78, 5) is 8.77. The van der Waals surface area contributed by atoms with Gasteiger partial charge < -0.3 is 20.3 Å². The van der Waals surface area contributed by atoms with Crippen molar-refractivity contribution < 1.29 is 9.26 Å². The van der Waals surface area contributed by atoms with Crippen molar-refractivity contribution >= 4 is 29.9 Å². The third-order valence-corrected chi connectivity index (χ3v) is 4.08. The number of rotatable bonds is 9. The van der Waals surface area contributed by atoms with Crippen LogP contribution in [0.5, 0.6) is 5.75 Å². The molecule has 0 radical (unpaired) electrons. The lowest BCUT2D eigenvalue weighted by Gasteiger charge is -2.02. The first-order chi connectivity index (χ1) is 12.2. The van der Waals surface area contributed by atoms with Crippen molar-refractivity contribution in [2.24, 2.45) is 10.7 Å². The molecule has 3 rings (SSSR count). The van der Waals surface area contributed by atoms with E-state index in [2.05, 4.69) is 20.4 Å². The Labute approximate surface area is 170 Å². The summed E-state index contributed by atoms with van der Waals surface area (Å²) in [5.74, 6) is 2.66. The first-order valence-corrected chi connectivity index (χ1v) is 8.78. The number of methoxy groups -OCH3 is 1. The number of nitrogens with two attached hydrogens (primary N) is 1. The number of benzene rings is 1. The summed E-state index contributed by atoms with van der Waals surface area (Å²) in [6.07, 6.45) is 6.25. The van der Waals surface area contributed by atoms with Crippen LogP contribution in [0, 0.1) is 0 Å². The van der Waals surface area contributed by atoms with Crippen molar-refractivity contribution in [3.05, 3.63) is 30.2 Å². The molecule has 1 fully saturated rings. The van der Waals surface area contributed by atoms with Crippen LogP contribution in [0.1, 0.15) is 38.0 Å². The van der Waals surface area contributed by atoms with Gasteiger partial charge in [-0.15, -0.1) is 24.0 Å². The summed E-state index contributed by atoms with van der Waals surface area (Å²) in [5.41, 5.74) is 6.71. The van der Waals surface area contributed by atoms with Gasteiger partial charge in [-0.1, -0.05) is 11.6 Å². The molecule has 1 aromatic carbocycles. The van der Waals surface area contributed by atoms with Gasteiger partial charge >= 0.3 is 0 Å². The highest BCUT2D eigenvalue weighted by molar-refractivity contribution is 14.0. The zero-order valence-corrected chi connectivity index (χ0v) is 17.3. The third-order valence-electron chi connectivity index (χ3n) is 4.08. The first kappa shape index (κ1) is 20.5. The van der Waals surface area contributed by atoms with Crippen LogP contribution in [0.4, 0.5) is 0 Å². The summed E-state index contributed by atoms with van der Waals surface area (Å²) in [6, 6.07) is 8.17. The molecule has 0 bridgehead atoms. The van der Waals surface area contributed by atoms with Gasteiger partial charge in [0.2, 0.25) is 11.7 Å². The molecule has 8 heteroatoms. The van der Waals surface area contributed by atoms with Gasteiger partial charge in [0.15, 0.2) is 5.96 Å². The number of unbranched alkanes of at least 4 members (excludes halogenated alkanes) is 2. The van der Waals surface area contributed by atoms with Gasteiger partial charge in [-0.2, -0.15) is 4.98 Å². The fraction of sp³-hybridized carbons (Fsp3) is 0.500. The zero-order chi connectivity index (χ0) is 17.5. The molecular weight excluding hydrogens is 445 g/mol. The van der Waals surface area contributed by atoms with E-state index in [1.165, 1.54) is 12.8 Å². The monoisotopic (exact) mass is 471 g/mol. The minimum atomic E-state index is 0. The molecular formula is C18H26IN5O2. The zero-order valence-electron chi connectivity index (χ0n) is 15.0. The molecule has 0 saturated heterocycles. The van der Waals surface area contributed by atoms with Gasteiger partial charge in [0.1, 0.15) is 5.75 Å². The average molecular weight is 471 g/mol. The van der Waals surface area contributed by atoms with Crippen molar-refractivity contribution in [1.29, 1.82) is 0 Å². The Kier molecular flexibility index (Phi) is 8.14. The molecule has 0 atom stereocenters. The molecule has 3 N–H and O–H groups in total. The number of nitrogens with one attached hydrogen (secondary N) is 1. The molecule has 1 aliphatic rings. The summed E-state index contributed by atoms with van der Waals surface area (Å²) in [7, 11) is 1.64. The lowest BCUT2D eigenvalue weighted by molar-refractivity contribution is 0.374. The highest BCUT2D eigenvalue weighted by atomic mass is 127. The Hall–Kier alpha value is -1.84. The molecule has 1 heterocycles. The van der Waals surface area contributed by atoms with Crippen molar-refractivity contribution in [2.45, 2.75) is 44.6 Å². The van der Waals surface area contributed by atoms with E-state index in [0.717, 1.165) is 43.5 Å². The van der Waals surface area contributed by atoms with Crippen molar-refractivity contribution in [1.82, 2.24) is 15.5 Å². The topological polar surface area (TPSA) is 98.6 Å². The highest BCUT2D eigenvalue weighted by Gasteiger charge is 2.21. The number of aryl methyl sites for hydroxylation is 1. The van der Waals surface area contributed by atoms with Gasteiger partial charge in [-0.3, -0.25) is 4.99 Å². The Morgan fingerprint density at radius 3 is 2.73 bits per heavy atom. The van der Waals surface area contributed by atoms with E-state index >= 15 is 0 Å². The molecule has 1 aromatic heterocycles. The van der Waals surface area contributed by atoms with E-state index in [1.807, 2.05) is 24.3 Å². The maximum atomic E-state index is 5.79. The second-order valence-electron chi connectivity index (χ2n) is 6.24. The molecule has 1 aliphatic carbocycles. The van der Waals surface area contributed by atoms with Gasteiger partial charge in [0.05, 0.1) is 7.11 Å². The number of aliphatic imine (C=N–C) groups is 1. The lowest BCUT2D eigenvalue weighted by atomic mass is 10.2. The number of halogens is 1. The Morgan fingerprint density at radius 1 is 1.27 bits per heavy atom. The van der Waals surface area contributed by atoms with Crippen molar-refractivity contribution in [2.75, 3.05) is 13.7 Å². The fourth-order valence-corrected chi connectivity index (χ4v) is 2.46. The smallest absolute Gasteiger partial charge is 0.226 e. The normalized spacial score (nSPS) is 14.0. The predicted octanol–water partition coefficient (Wildman–Crippen LogP) is 3.14. The molecule has 7 nitrogen and oxygen atoms in total. The minimum Gasteiger partial charge on any atom is -0.497 e. The largest absolute Gasteiger partial charge is 0.497 e. The van der Waals surface area contributed by atoms with Crippen LogP contribution in [0.25, 0.3) is 11.4 Å². The second kappa shape index (κ2) is 10.3. The van der Waals surface area contributed by atoms with E-state index in [1.54, 1.807) is 7.11 Å². The van der Waals surface area contributed by atoms with Crippen LogP contribution in [-0.4, -0.2) is 35.8 Å². The Bertz CT molecular complexity index is 698. The molecule has 1 saturated carbocycles. The lowest BCUT2D eigenvalue weighted by Crippen LogP contribution is -2.33. The van der Waals surface area contributed by atoms with Gasteiger partial charge in [-0.05, 0) is 49.9 Å². The molecule has 0 aliphatic heterocycles. The Balaban J connectivity index is 0.00000243. The van der Waals surface area contributed by atoms with Crippen molar-refractivity contribution in [3.8, 4) is 17.1 Å². The van der Waals surface area contributed by atoms with E-state index in [-0.39, 0.29) is 24.0 Å². The van der Waals surface area contributed by atoms with E-state index in [4.69, 9.17) is 15.0 Å². The van der Waals surface area contributed by atoms with Crippen LogP contribution in [0.3, 0.4) is 0 Å². The van der Waals surface area contributed by atoms with Crippen LogP contribution < -0.4 is 15.8 Å². The highest BCUT2D eigenvalue weighted by Crippen LogP contribution is 2.20. The van der Waals surface area contributed by atoms with Gasteiger partial charge in [0, 0.05) is 24.6 Å². The van der Waals surface area contributed by atoms with Crippen LogP contribution >= 0.6 is 24.0 Å². The number of aromatic nitrogens is 2. The number of nitrogens with zero attached hydrogens (tertiary/aromatic N) is 3. The predicted molar refractivity (Wildman–Crippen MR) is 112 cm³/mol. The number of hydrogen-bond donors (Lipinski definition) is 2. The molecule has 0 spiro atoms. The molecule has 2 aromatic rings. The number of guanidine groups is 1. The van der Waals surface area contributed by atoms with Crippen LogP contribution in [0.15, 0.2) is 33.8 Å². The molecule has 142 valence electrons. The molecule has 0 unspecified atom stereocenters. The van der Waals surface area contributed by atoms with E-state index in [0.29, 0.717) is 23.7 Å². The molecule has 0 amide bonds. The SMILES string of the molecule is COc1ccc(-c2noc(CCCCCN=C(N)NC3CC3)n2)cc1.I. The van der Waals surface area contributed by atoms with E-state index in [9.17, 15) is 0 Å². The van der Waals surface area contributed by atoms with E-state index < -0.39 is 0 Å². The third kappa shape index (κ3) is 6.47. The van der Waals surface area contributed by atoms with Crippen LogP contribution in [0.2, 0.25) is 0 Å². The second-order valence-corrected chi connectivity index (χ2v) is 6.24. The summed E-state index contributed by atoms with van der Waals surface area (Å²) >= 11 is 0. The maximum Gasteiger partial charge on any atom is 0.226 e. The minimum absolute atomic E-state index is 0. The Morgan fingerprint density at radius 2 is 2.04 bits per heavy atom. The standard InChI is InChI=1S/C18H25N5O2.HI/c1-24-15-10-6-13(7-11-15)17-22-16(25-23-17)5-3-2-4-12-20-18(19)21-14-8-9-14;/h6-7,10-11,14H,2-5,8-9,12H2,1H3,(H3,19,20,21);1H. The van der Waals surface area contributed by atoms with Gasteiger partial charge in [-0.25, -0.2) is 0 Å². The van der Waals surface area contributed by atoms with Crippen molar-refractivity contribution in [3.63, 3.8) is 0 Å². The molecule has 26 heavy (non-hydrogen) atoms. The maximum absolute atomic E-state index is 5.79. The van der Waals surface area contributed by atoms with Crippen LogP contribution in [-0.2, 0) is 6.42 Å². The summed E-state index contributed by atoms with van der Waals surface area (Å²) < 4.78 is 10.5. The summed E-state index contributed by atoms with van der Waals surface area (Å²) in [5, 5.41) is 7.22. The fourth-order valence-electron chi connectivity index (χ4n) is 2.46. The first-order valence-electron chi connectivity index (χ1n) is 8.78. The number of hydrogen-bond acceptors (Lipinski definition) is 5. The average Bonchev–Trinajstić information content (AvgIpc) is 3.32. The quantitative estimate of drug-likeness (QED) is 0.252. The number of ether oxygens (including phenoxy) is 1. The summed E-state index contributed by atoms with van der Waals surface area (Å²) in [6.45, 7) is 0.756. The van der Waals surface area contributed by atoms with Gasteiger partial charge in [0.25, 0.3) is 0 Å².